The number of carbonyl (C=O) groups is 1. The fraction of sp³-hybridized carbons (Fsp3) is 0.235. The highest BCUT2D eigenvalue weighted by Crippen LogP contribution is 2.20. The van der Waals surface area contributed by atoms with Gasteiger partial charge in [0, 0.05) is 24.5 Å². The number of hydrogen-bond acceptors (Lipinski definition) is 2. The quantitative estimate of drug-likeness (QED) is 0.885. The number of amides is 1. The van der Waals surface area contributed by atoms with Gasteiger partial charge < -0.3 is 10.2 Å². The average molecular weight is 303 g/mol. The SMILES string of the molecule is CCN(CC)c1ccc(NC(=O)c2ccccc2Cl)cc1. The highest BCUT2D eigenvalue weighted by molar-refractivity contribution is 6.34. The zero-order valence-corrected chi connectivity index (χ0v) is 13.0. The maximum absolute atomic E-state index is 12.2. The monoisotopic (exact) mass is 302 g/mol. The van der Waals surface area contributed by atoms with Crippen molar-refractivity contribution >= 4 is 28.9 Å². The van der Waals surface area contributed by atoms with Gasteiger partial charge in [-0.15, -0.1) is 0 Å². The molecule has 0 aromatic heterocycles. The summed E-state index contributed by atoms with van der Waals surface area (Å²) in [6.45, 7) is 6.16. The maximum Gasteiger partial charge on any atom is 0.257 e. The van der Waals surface area contributed by atoms with Crippen molar-refractivity contribution < 1.29 is 4.79 Å². The third-order valence-electron chi connectivity index (χ3n) is 3.37. The number of hydrogen-bond donors (Lipinski definition) is 1. The Kier molecular flexibility index (Phi) is 5.23. The van der Waals surface area contributed by atoms with E-state index in [0.717, 1.165) is 24.5 Å². The third kappa shape index (κ3) is 3.76. The van der Waals surface area contributed by atoms with Gasteiger partial charge in [-0.2, -0.15) is 0 Å². The fourth-order valence-electron chi connectivity index (χ4n) is 2.19. The molecule has 0 bridgehead atoms. The highest BCUT2D eigenvalue weighted by Gasteiger charge is 2.10. The number of anilines is 2. The summed E-state index contributed by atoms with van der Waals surface area (Å²) in [4.78, 5) is 14.4. The molecule has 0 saturated carbocycles. The van der Waals surface area contributed by atoms with Gasteiger partial charge in [-0.1, -0.05) is 23.7 Å². The van der Waals surface area contributed by atoms with Gasteiger partial charge in [0.2, 0.25) is 0 Å². The summed E-state index contributed by atoms with van der Waals surface area (Å²) < 4.78 is 0. The molecule has 0 spiro atoms. The molecule has 0 heterocycles. The predicted octanol–water partition coefficient (Wildman–Crippen LogP) is 4.44. The molecule has 0 aliphatic carbocycles. The molecule has 2 aromatic rings. The molecule has 4 heteroatoms. The Balaban J connectivity index is 2.10. The summed E-state index contributed by atoms with van der Waals surface area (Å²) in [6.07, 6.45) is 0. The van der Waals surface area contributed by atoms with Crippen molar-refractivity contribution in [2.24, 2.45) is 0 Å². The number of nitrogens with zero attached hydrogens (tertiary/aromatic N) is 1. The van der Waals surface area contributed by atoms with Crippen LogP contribution < -0.4 is 10.2 Å². The Morgan fingerprint density at radius 3 is 2.24 bits per heavy atom. The molecule has 1 N–H and O–H groups in total. The lowest BCUT2D eigenvalue weighted by atomic mass is 10.2. The topological polar surface area (TPSA) is 32.3 Å². The van der Waals surface area contributed by atoms with Crippen molar-refractivity contribution in [3.8, 4) is 0 Å². The largest absolute Gasteiger partial charge is 0.372 e. The van der Waals surface area contributed by atoms with Crippen LogP contribution in [0, 0.1) is 0 Å². The predicted molar refractivity (Wildman–Crippen MR) is 89.4 cm³/mol. The highest BCUT2D eigenvalue weighted by atomic mass is 35.5. The average Bonchev–Trinajstić information content (AvgIpc) is 2.50. The number of halogens is 1. The number of rotatable bonds is 5. The minimum Gasteiger partial charge on any atom is -0.372 e. The van der Waals surface area contributed by atoms with Crippen LogP contribution in [0.4, 0.5) is 11.4 Å². The van der Waals surface area contributed by atoms with E-state index in [1.807, 2.05) is 24.3 Å². The zero-order valence-electron chi connectivity index (χ0n) is 12.3. The molecule has 0 aliphatic rings. The van der Waals surface area contributed by atoms with Crippen molar-refractivity contribution in [2.45, 2.75) is 13.8 Å². The molecule has 0 fully saturated rings. The van der Waals surface area contributed by atoms with E-state index in [1.165, 1.54) is 0 Å². The lowest BCUT2D eigenvalue weighted by molar-refractivity contribution is 0.102. The Labute approximate surface area is 130 Å². The van der Waals surface area contributed by atoms with E-state index in [1.54, 1.807) is 24.3 Å². The van der Waals surface area contributed by atoms with Crippen LogP contribution in [-0.4, -0.2) is 19.0 Å². The van der Waals surface area contributed by atoms with E-state index in [9.17, 15) is 4.79 Å². The van der Waals surface area contributed by atoms with Crippen LogP contribution in [-0.2, 0) is 0 Å². The minimum absolute atomic E-state index is 0.198. The van der Waals surface area contributed by atoms with Gasteiger partial charge in [0.15, 0.2) is 0 Å². The molecule has 0 saturated heterocycles. The normalized spacial score (nSPS) is 10.2. The van der Waals surface area contributed by atoms with Gasteiger partial charge in [0.05, 0.1) is 10.6 Å². The van der Waals surface area contributed by atoms with Gasteiger partial charge in [-0.05, 0) is 50.2 Å². The van der Waals surface area contributed by atoms with E-state index in [-0.39, 0.29) is 5.91 Å². The molecule has 2 rings (SSSR count). The van der Waals surface area contributed by atoms with Crippen molar-refractivity contribution in [1.82, 2.24) is 0 Å². The first-order valence-electron chi connectivity index (χ1n) is 7.06. The summed E-state index contributed by atoms with van der Waals surface area (Å²) in [5.74, 6) is -0.198. The molecular weight excluding hydrogens is 284 g/mol. The van der Waals surface area contributed by atoms with E-state index >= 15 is 0 Å². The van der Waals surface area contributed by atoms with Crippen molar-refractivity contribution in [2.75, 3.05) is 23.3 Å². The van der Waals surface area contributed by atoms with Crippen LogP contribution in [0.3, 0.4) is 0 Å². The van der Waals surface area contributed by atoms with Crippen molar-refractivity contribution in [1.29, 1.82) is 0 Å². The Morgan fingerprint density at radius 2 is 1.67 bits per heavy atom. The molecule has 3 nitrogen and oxygen atoms in total. The smallest absolute Gasteiger partial charge is 0.257 e. The molecular formula is C17H19ClN2O. The maximum atomic E-state index is 12.2. The Morgan fingerprint density at radius 1 is 1.05 bits per heavy atom. The first kappa shape index (κ1) is 15.4. The number of nitrogens with one attached hydrogen (secondary N) is 1. The second-order valence-electron chi connectivity index (χ2n) is 4.65. The second-order valence-corrected chi connectivity index (χ2v) is 5.06. The van der Waals surface area contributed by atoms with E-state index < -0.39 is 0 Å². The molecule has 0 unspecified atom stereocenters. The number of carbonyl (C=O) groups excluding carboxylic acids is 1. The summed E-state index contributed by atoms with van der Waals surface area (Å²) in [5, 5.41) is 3.31. The van der Waals surface area contributed by atoms with E-state index in [2.05, 4.69) is 24.1 Å². The second kappa shape index (κ2) is 7.14. The van der Waals surface area contributed by atoms with Crippen LogP contribution in [0.25, 0.3) is 0 Å². The zero-order chi connectivity index (χ0) is 15.2. The summed E-state index contributed by atoms with van der Waals surface area (Å²) in [7, 11) is 0. The summed E-state index contributed by atoms with van der Waals surface area (Å²) >= 11 is 6.02. The molecule has 1 amide bonds. The molecule has 21 heavy (non-hydrogen) atoms. The minimum atomic E-state index is -0.198. The fourth-order valence-corrected chi connectivity index (χ4v) is 2.41. The van der Waals surface area contributed by atoms with E-state index in [4.69, 9.17) is 11.6 Å². The van der Waals surface area contributed by atoms with Gasteiger partial charge >= 0.3 is 0 Å². The molecule has 2 aromatic carbocycles. The van der Waals surface area contributed by atoms with Crippen LogP contribution in [0.5, 0.6) is 0 Å². The van der Waals surface area contributed by atoms with E-state index in [0.29, 0.717) is 10.6 Å². The summed E-state index contributed by atoms with van der Waals surface area (Å²) in [6, 6.07) is 14.8. The van der Waals surface area contributed by atoms with Crippen LogP contribution in [0.15, 0.2) is 48.5 Å². The van der Waals surface area contributed by atoms with Crippen LogP contribution >= 0.6 is 11.6 Å². The van der Waals surface area contributed by atoms with Crippen molar-refractivity contribution in [3.63, 3.8) is 0 Å². The molecule has 0 radical (unpaired) electrons. The standard InChI is InChI=1S/C17H19ClN2O/c1-3-20(4-2)14-11-9-13(10-12-14)19-17(21)15-7-5-6-8-16(15)18/h5-12H,3-4H2,1-2H3,(H,19,21). The number of benzene rings is 2. The molecule has 110 valence electrons. The molecule has 0 aliphatic heterocycles. The lowest BCUT2D eigenvalue weighted by Crippen LogP contribution is -2.21. The lowest BCUT2D eigenvalue weighted by Gasteiger charge is -2.21. The van der Waals surface area contributed by atoms with Crippen LogP contribution in [0.1, 0.15) is 24.2 Å². The van der Waals surface area contributed by atoms with Gasteiger partial charge in [0.25, 0.3) is 5.91 Å². The Bertz CT molecular complexity index is 606. The van der Waals surface area contributed by atoms with Crippen molar-refractivity contribution in [3.05, 3.63) is 59.1 Å². The first-order valence-corrected chi connectivity index (χ1v) is 7.44. The third-order valence-corrected chi connectivity index (χ3v) is 3.70. The summed E-state index contributed by atoms with van der Waals surface area (Å²) in [5.41, 5.74) is 2.39. The first-order chi connectivity index (χ1) is 10.2. The molecule has 0 atom stereocenters. The van der Waals surface area contributed by atoms with Gasteiger partial charge in [-0.3, -0.25) is 4.79 Å². The van der Waals surface area contributed by atoms with Gasteiger partial charge in [0.1, 0.15) is 0 Å². The van der Waals surface area contributed by atoms with Crippen LogP contribution in [0.2, 0.25) is 5.02 Å². The Hall–Kier alpha value is -2.00. The van der Waals surface area contributed by atoms with Gasteiger partial charge in [-0.25, -0.2) is 0 Å².